The number of hydrogen-bond donors (Lipinski definition) is 0. The minimum atomic E-state index is -3.59. The van der Waals surface area contributed by atoms with Crippen molar-refractivity contribution in [1.82, 2.24) is 14.4 Å². The summed E-state index contributed by atoms with van der Waals surface area (Å²) in [7, 11) is -1.92. The number of fused-ring (bicyclic) bond motifs is 1. The van der Waals surface area contributed by atoms with Gasteiger partial charge in [0.25, 0.3) is 0 Å². The Morgan fingerprint density at radius 2 is 2.00 bits per heavy atom. The maximum absolute atomic E-state index is 13.6. The van der Waals surface area contributed by atoms with Crippen molar-refractivity contribution >= 4 is 10.0 Å². The molecule has 1 aromatic carbocycles. The van der Waals surface area contributed by atoms with E-state index in [-0.39, 0.29) is 0 Å². The lowest BCUT2D eigenvalue weighted by atomic mass is 9.77. The Kier molecular flexibility index (Phi) is 5.65. The molecule has 3 aliphatic rings. The zero-order chi connectivity index (χ0) is 21.5. The van der Waals surface area contributed by atoms with E-state index >= 15 is 0 Å². The fourth-order valence-electron chi connectivity index (χ4n) is 5.06. The van der Waals surface area contributed by atoms with E-state index in [1.807, 2.05) is 12.1 Å². The highest BCUT2D eigenvalue weighted by atomic mass is 32.2. The summed E-state index contributed by atoms with van der Waals surface area (Å²) in [6.45, 7) is 1.40. The van der Waals surface area contributed by atoms with E-state index in [0.717, 1.165) is 44.9 Å². The maximum Gasteiger partial charge on any atom is 0.243 e. The normalized spacial score (nSPS) is 24.8. The van der Waals surface area contributed by atoms with Gasteiger partial charge in [-0.25, -0.2) is 8.42 Å². The third-order valence-electron chi connectivity index (χ3n) is 7.13. The molecule has 1 saturated heterocycles. The first kappa shape index (κ1) is 21.1. The monoisotopic (exact) mass is 445 g/mol. The van der Waals surface area contributed by atoms with Crippen LogP contribution in [0, 0.1) is 0 Å². The number of methoxy groups -OCH3 is 1. The van der Waals surface area contributed by atoms with Crippen LogP contribution in [-0.2, 0) is 33.0 Å². The molecule has 0 bridgehead atoms. The molecule has 31 heavy (non-hydrogen) atoms. The predicted octanol–water partition coefficient (Wildman–Crippen LogP) is 3.58. The number of sulfonamides is 1. The van der Waals surface area contributed by atoms with E-state index in [4.69, 9.17) is 14.2 Å². The summed E-state index contributed by atoms with van der Waals surface area (Å²) < 4.78 is 39.8. The summed E-state index contributed by atoms with van der Waals surface area (Å²) in [5, 5.41) is 4.31. The number of aryl methyl sites for hydroxylation is 2. The Morgan fingerprint density at radius 1 is 1.19 bits per heavy atom. The van der Waals surface area contributed by atoms with Gasteiger partial charge in [-0.15, -0.1) is 0 Å². The van der Waals surface area contributed by atoms with E-state index in [9.17, 15) is 8.42 Å². The minimum absolute atomic E-state index is 0.361. The number of aromatic nitrogens is 2. The van der Waals surface area contributed by atoms with Crippen LogP contribution in [0.3, 0.4) is 0 Å². The lowest BCUT2D eigenvalue weighted by Gasteiger charge is -2.40. The lowest BCUT2D eigenvalue weighted by Crippen LogP contribution is -2.49. The molecule has 0 amide bonds. The quantitative estimate of drug-likeness (QED) is 0.648. The second kappa shape index (κ2) is 8.30. The van der Waals surface area contributed by atoms with Crippen LogP contribution >= 0.6 is 0 Å². The van der Waals surface area contributed by atoms with Gasteiger partial charge in [-0.2, -0.15) is 9.29 Å². The Bertz CT molecular complexity index is 1050. The first-order valence-electron chi connectivity index (χ1n) is 11.5. The topological polar surface area (TPSA) is 85.5 Å². The molecule has 1 saturated carbocycles. The number of piperidine rings is 1. The number of hydrogen-bond acceptors (Lipinski definition) is 6. The van der Waals surface area contributed by atoms with Crippen LogP contribution in [0.15, 0.2) is 27.6 Å². The Morgan fingerprint density at radius 3 is 2.77 bits per heavy atom. The minimum Gasteiger partial charge on any atom is -0.385 e. The lowest BCUT2D eigenvalue weighted by molar-refractivity contribution is 0.128. The Balaban J connectivity index is 1.45. The molecular formula is C23H31N3O4S. The molecule has 2 aliphatic carbocycles. The summed E-state index contributed by atoms with van der Waals surface area (Å²) in [6.07, 6.45) is 8.75. The van der Waals surface area contributed by atoms with Crippen LogP contribution in [0.2, 0.25) is 0 Å². The van der Waals surface area contributed by atoms with Gasteiger partial charge in [-0.05, 0) is 81.0 Å². The molecule has 1 aliphatic heterocycles. The highest BCUT2D eigenvalue weighted by Crippen LogP contribution is 2.42. The van der Waals surface area contributed by atoms with Gasteiger partial charge in [0, 0.05) is 38.1 Å². The number of ether oxygens (including phenoxy) is 1. The van der Waals surface area contributed by atoms with Gasteiger partial charge in [-0.3, -0.25) is 0 Å². The second-order valence-electron chi connectivity index (χ2n) is 9.33. The van der Waals surface area contributed by atoms with Crippen molar-refractivity contribution in [3.05, 3.63) is 41.0 Å². The van der Waals surface area contributed by atoms with E-state index in [1.54, 1.807) is 17.5 Å². The number of nitrogens with zero attached hydrogens (tertiary/aromatic N) is 3. The second-order valence-corrected chi connectivity index (χ2v) is 11.3. The standard InChI is InChI=1S/C23H31N3O4S/c1-29-14-12-23(22-24-21(30-25-22)18-7-8-18)11-4-13-26(16-23)31(27,28)20-10-9-17-5-2-3-6-19(17)15-20/h9-10,15,18H,2-8,11-14,16H2,1H3. The van der Waals surface area contributed by atoms with Gasteiger partial charge in [0.05, 0.1) is 4.90 Å². The fourth-order valence-corrected chi connectivity index (χ4v) is 6.67. The molecule has 0 radical (unpaired) electrons. The van der Waals surface area contributed by atoms with Crippen LogP contribution in [0.1, 0.15) is 73.7 Å². The van der Waals surface area contributed by atoms with Crippen molar-refractivity contribution in [3.8, 4) is 0 Å². The van der Waals surface area contributed by atoms with E-state index in [1.165, 1.54) is 17.5 Å². The molecule has 8 heteroatoms. The van der Waals surface area contributed by atoms with Gasteiger partial charge < -0.3 is 9.26 Å². The fraction of sp³-hybridized carbons (Fsp3) is 0.652. The third-order valence-corrected chi connectivity index (χ3v) is 8.97. The van der Waals surface area contributed by atoms with Crippen molar-refractivity contribution in [1.29, 1.82) is 0 Å². The molecule has 2 aromatic rings. The maximum atomic E-state index is 13.6. The largest absolute Gasteiger partial charge is 0.385 e. The number of rotatable bonds is 7. The molecule has 2 heterocycles. The van der Waals surface area contributed by atoms with E-state index in [0.29, 0.717) is 48.6 Å². The molecule has 0 spiro atoms. The van der Waals surface area contributed by atoms with Crippen LogP contribution in [0.5, 0.6) is 0 Å². The van der Waals surface area contributed by atoms with Crippen molar-refractivity contribution < 1.29 is 17.7 Å². The van der Waals surface area contributed by atoms with Crippen molar-refractivity contribution in [2.75, 3.05) is 26.8 Å². The predicted molar refractivity (Wildman–Crippen MR) is 116 cm³/mol. The van der Waals surface area contributed by atoms with Crippen LogP contribution in [0.25, 0.3) is 0 Å². The molecule has 7 nitrogen and oxygen atoms in total. The highest BCUT2D eigenvalue weighted by molar-refractivity contribution is 7.89. The highest BCUT2D eigenvalue weighted by Gasteiger charge is 2.45. The first-order chi connectivity index (χ1) is 15.0. The Labute approximate surface area is 184 Å². The van der Waals surface area contributed by atoms with Gasteiger partial charge >= 0.3 is 0 Å². The molecule has 1 atom stereocenters. The molecule has 1 aromatic heterocycles. The summed E-state index contributed by atoms with van der Waals surface area (Å²) in [6, 6.07) is 5.68. The van der Waals surface area contributed by atoms with E-state index in [2.05, 4.69) is 5.16 Å². The smallest absolute Gasteiger partial charge is 0.243 e. The van der Waals surface area contributed by atoms with Crippen molar-refractivity contribution in [2.45, 2.75) is 74.0 Å². The van der Waals surface area contributed by atoms with Gasteiger partial charge in [0.1, 0.15) is 0 Å². The molecule has 5 rings (SSSR count). The van der Waals surface area contributed by atoms with Crippen LogP contribution in [0.4, 0.5) is 0 Å². The van der Waals surface area contributed by atoms with Crippen LogP contribution in [-0.4, -0.2) is 49.7 Å². The van der Waals surface area contributed by atoms with Gasteiger partial charge in [-0.1, -0.05) is 11.2 Å². The molecule has 168 valence electrons. The SMILES string of the molecule is COCCC1(c2noc(C3CC3)n2)CCCN(S(=O)(=O)c2ccc3c(c2)CCCC3)C1. The van der Waals surface area contributed by atoms with Gasteiger partial charge in [0.2, 0.25) is 15.9 Å². The summed E-state index contributed by atoms with van der Waals surface area (Å²) in [5.41, 5.74) is 1.99. The average molecular weight is 446 g/mol. The summed E-state index contributed by atoms with van der Waals surface area (Å²) in [4.78, 5) is 5.12. The van der Waals surface area contributed by atoms with Crippen LogP contribution < -0.4 is 0 Å². The Hall–Kier alpha value is -1.77. The zero-order valence-corrected chi connectivity index (χ0v) is 19.0. The third kappa shape index (κ3) is 4.05. The van der Waals surface area contributed by atoms with E-state index < -0.39 is 15.4 Å². The first-order valence-corrected chi connectivity index (χ1v) is 12.9. The zero-order valence-electron chi connectivity index (χ0n) is 18.2. The summed E-state index contributed by atoms with van der Waals surface area (Å²) in [5.74, 6) is 1.71. The van der Waals surface area contributed by atoms with Crippen molar-refractivity contribution in [3.63, 3.8) is 0 Å². The van der Waals surface area contributed by atoms with Gasteiger partial charge in [0.15, 0.2) is 5.82 Å². The number of benzene rings is 1. The average Bonchev–Trinajstić information content (AvgIpc) is 3.53. The molecule has 1 unspecified atom stereocenters. The molecule has 0 N–H and O–H groups in total. The summed E-state index contributed by atoms with van der Waals surface area (Å²) >= 11 is 0. The molecular weight excluding hydrogens is 414 g/mol. The van der Waals surface area contributed by atoms with Crippen molar-refractivity contribution in [2.24, 2.45) is 0 Å². The molecule has 2 fully saturated rings.